The van der Waals surface area contributed by atoms with Gasteiger partial charge in [0.1, 0.15) is 0 Å². The minimum Gasteiger partial charge on any atom is -0.393 e. The number of hydrogen-bond donors (Lipinski definition) is 3. The summed E-state index contributed by atoms with van der Waals surface area (Å²) >= 11 is 0. The molecule has 2 aromatic heterocycles. The lowest BCUT2D eigenvalue weighted by Gasteiger charge is -2.26. The highest BCUT2D eigenvalue weighted by atomic mass is 16.3. The maximum atomic E-state index is 11.9. The molecule has 0 radical (unpaired) electrons. The Labute approximate surface area is 123 Å². The van der Waals surface area contributed by atoms with Gasteiger partial charge in [0, 0.05) is 12.7 Å². The molecule has 2 heterocycles. The van der Waals surface area contributed by atoms with E-state index in [4.69, 9.17) is 0 Å². The summed E-state index contributed by atoms with van der Waals surface area (Å²) in [7, 11) is 0. The summed E-state index contributed by atoms with van der Waals surface area (Å²) in [6, 6.07) is 5.16. The zero-order chi connectivity index (χ0) is 15.5. The normalized spacial score (nSPS) is 13.1. The predicted molar refractivity (Wildman–Crippen MR) is 80.1 cm³/mol. The second-order valence-electron chi connectivity index (χ2n) is 5.98. The van der Waals surface area contributed by atoms with Crippen LogP contribution in [0, 0.1) is 5.41 Å². The molecule has 2 rings (SSSR count). The molecule has 0 aliphatic heterocycles. The van der Waals surface area contributed by atoms with E-state index in [0.29, 0.717) is 24.6 Å². The Morgan fingerprint density at radius 2 is 2.19 bits per heavy atom. The van der Waals surface area contributed by atoms with Gasteiger partial charge < -0.3 is 10.4 Å². The first-order chi connectivity index (χ1) is 9.87. The van der Waals surface area contributed by atoms with Gasteiger partial charge >= 0.3 is 6.03 Å². The average Bonchev–Trinajstić information content (AvgIpc) is 2.79. The van der Waals surface area contributed by atoms with E-state index in [1.807, 2.05) is 32.0 Å². The number of aromatic nitrogens is 3. The molecule has 0 fully saturated rings. The minimum atomic E-state index is -0.398. The highest BCUT2D eigenvalue weighted by Crippen LogP contribution is 2.21. The van der Waals surface area contributed by atoms with Crippen LogP contribution in [0.1, 0.15) is 27.2 Å². The number of rotatable bonds is 5. The SMILES string of the molecule is C[C@@H](O)CC(C)(C)CNC(=O)Nc1nnc2ccccn12. The van der Waals surface area contributed by atoms with Gasteiger partial charge in [-0.3, -0.25) is 9.72 Å². The van der Waals surface area contributed by atoms with Crippen molar-refractivity contribution >= 4 is 17.6 Å². The maximum absolute atomic E-state index is 11.9. The molecular formula is C14H21N5O2. The fourth-order valence-electron chi connectivity index (χ4n) is 2.26. The van der Waals surface area contributed by atoms with Gasteiger partial charge in [0.15, 0.2) is 5.65 Å². The van der Waals surface area contributed by atoms with Gasteiger partial charge in [0.25, 0.3) is 0 Å². The molecule has 0 aliphatic rings. The number of fused-ring (bicyclic) bond motifs is 1. The van der Waals surface area contributed by atoms with Crippen LogP contribution in [0.4, 0.5) is 10.7 Å². The molecule has 7 heteroatoms. The van der Waals surface area contributed by atoms with E-state index in [1.54, 1.807) is 17.5 Å². The van der Waals surface area contributed by atoms with Crippen LogP contribution in [0.5, 0.6) is 0 Å². The Morgan fingerprint density at radius 3 is 2.90 bits per heavy atom. The van der Waals surface area contributed by atoms with Crippen molar-refractivity contribution in [3.05, 3.63) is 24.4 Å². The Kier molecular flexibility index (Phi) is 4.42. The molecule has 0 aromatic carbocycles. The molecule has 21 heavy (non-hydrogen) atoms. The summed E-state index contributed by atoms with van der Waals surface area (Å²) in [6.07, 6.45) is 1.99. The quantitative estimate of drug-likeness (QED) is 0.781. The molecule has 1 atom stereocenters. The Hall–Kier alpha value is -2.15. The molecule has 7 nitrogen and oxygen atoms in total. The van der Waals surface area contributed by atoms with E-state index in [2.05, 4.69) is 20.8 Å². The molecule has 0 bridgehead atoms. The number of hydrogen-bond acceptors (Lipinski definition) is 4. The van der Waals surface area contributed by atoms with Gasteiger partial charge in [-0.2, -0.15) is 0 Å². The topological polar surface area (TPSA) is 91.5 Å². The lowest BCUT2D eigenvalue weighted by atomic mass is 9.87. The zero-order valence-corrected chi connectivity index (χ0v) is 12.5. The number of aliphatic hydroxyl groups is 1. The van der Waals surface area contributed by atoms with Gasteiger partial charge in [0.2, 0.25) is 5.95 Å². The predicted octanol–water partition coefficient (Wildman–Crippen LogP) is 1.65. The summed E-state index contributed by atoms with van der Waals surface area (Å²) in [4.78, 5) is 11.9. The number of amides is 2. The molecule has 0 spiro atoms. The summed E-state index contributed by atoms with van der Waals surface area (Å²) < 4.78 is 1.69. The first-order valence-electron chi connectivity index (χ1n) is 6.90. The zero-order valence-electron chi connectivity index (χ0n) is 12.5. The molecule has 0 saturated heterocycles. The first kappa shape index (κ1) is 15.2. The van der Waals surface area contributed by atoms with E-state index in [9.17, 15) is 9.90 Å². The third-order valence-electron chi connectivity index (χ3n) is 3.11. The van der Waals surface area contributed by atoms with Crippen LogP contribution >= 0.6 is 0 Å². The standard InChI is InChI=1S/C14H21N5O2/c1-10(20)8-14(2,3)9-15-13(21)16-12-18-17-11-6-4-5-7-19(11)12/h4-7,10,20H,8-9H2,1-3H3,(H2,15,16,18,21)/t10-/m1/s1. The van der Waals surface area contributed by atoms with Gasteiger partial charge in [-0.05, 0) is 30.9 Å². The van der Waals surface area contributed by atoms with Crippen LogP contribution in [-0.2, 0) is 0 Å². The molecular weight excluding hydrogens is 270 g/mol. The number of carbonyl (C=O) groups excluding carboxylic acids is 1. The fraction of sp³-hybridized carbons (Fsp3) is 0.500. The second kappa shape index (κ2) is 6.09. The molecule has 2 aromatic rings. The van der Waals surface area contributed by atoms with Crippen molar-refractivity contribution in [2.75, 3.05) is 11.9 Å². The highest BCUT2D eigenvalue weighted by Gasteiger charge is 2.21. The number of nitrogens with one attached hydrogen (secondary N) is 2. The van der Waals surface area contributed by atoms with Crippen molar-refractivity contribution in [3.63, 3.8) is 0 Å². The second-order valence-corrected chi connectivity index (χ2v) is 5.98. The van der Waals surface area contributed by atoms with Crippen molar-refractivity contribution in [2.45, 2.75) is 33.3 Å². The van der Waals surface area contributed by atoms with Gasteiger partial charge in [0.05, 0.1) is 6.10 Å². The average molecular weight is 291 g/mol. The van der Waals surface area contributed by atoms with Crippen LogP contribution in [0.2, 0.25) is 0 Å². The van der Waals surface area contributed by atoms with Crippen molar-refractivity contribution in [2.24, 2.45) is 5.41 Å². The Morgan fingerprint density at radius 1 is 1.43 bits per heavy atom. The largest absolute Gasteiger partial charge is 0.393 e. The van der Waals surface area contributed by atoms with Crippen molar-refractivity contribution in [1.29, 1.82) is 0 Å². The Bertz CT molecular complexity index is 621. The smallest absolute Gasteiger partial charge is 0.321 e. The van der Waals surface area contributed by atoms with Gasteiger partial charge in [-0.15, -0.1) is 10.2 Å². The van der Waals surface area contributed by atoms with Crippen molar-refractivity contribution in [3.8, 4) is 0 Å². The minimum absolute atomic E-state index is 0.182. The van der Waals surface area contributed by atoms with Crippen LogP contribution < -0.4 is 10.6 Å². The monoisotopic (exact) mass is 291 g/mol. The molecule has 0 saturated carbocycles. The molecule has 3 N–H and O–H groups in total. The van der Waals surface area contributed by atoms with E-state index >= 15 is 0 Å². The van der Waals surface area contributed by atoms with Gasteiger partial charge in [-0.1, -0.05) is 19.9 Å². The summed E-state index contributed by atoms with van der Waals surface area (Å²) in [5.74, 6) is 0.372. The van der Waals surface area contributed by atoms with Gasteiger partial charge in [-0.25, -0.2) is 4.79 Å². The number of carbonyl (C=O) groups is 1. The summed E-state index contributed by atoms with van der Waals surface area (Å²) in [5.41, 5.74) is 0.487. The Balaban J connectivity index is 1.93. The fourth-order valence-corrected chi connectivity index (χ4v) is 2.26. The maximum Gasteiger partial charge on any atom is 0.321 e. The number of nitrogens with zero attached hydrogens (tertiary/aromatic N) is 3. The lowest BCUT2D eigenvalue weighted by Crippen LogP contribution is -2.38. The number of aliphatic hydroxyl groups excluding tert-OH is 1. The van der Waals surface area contributed by atoms with Crippen LogP contribution in [0.15, 0.2) is 24.4 Å². The highest BCUT2D eigenvalue weighted by molar-refractivity contribution is 5.87. The number of anilines is 1. The molecule has 2 amide bonds. The van der Waals surface area contributed by atoms with Crippen molar-refractivity contribution in [1.82, 2.24) is 19.9 Å². The summed E-state index contributed by atoms with van der Waals surface area (Å²) in [5, 5.41) is 22.8. The van der Waals surface area contributed by atoms with Crippen molar-refractivity contribution < 1.29 is 9.90 Å². The van der Waals surface area contributed by atoms with E-state index < -0.39 is 6.10 Å². The first-order valence-corrected chi connectivity index (χ1v) is 6.90. The third kappa shape index (κ3) is 4.16. The van der Waals surface area contributed by atoms with Crippen LogP contribution in [0.3, 0.4) is 0 Å². The van der Waals surface area contributed by atoms with Crippen LogP contribution in [-0.4, -0.2) is 38.4 Å². The lowest BCUT2D eigenvalue weighted by molar-refractivity contribution is 0.129. The summed E-state index contributed by atoms with van der Waals surface area (Å²) in [6.45, 7) is 6.18. The number of urea groups is 1. The third-order valence-corrected chi connectivity index (χ3v) is 3.11. The molecule has 0 aliphatic carbocycles. The van der Waals surface area contributed by atoms with E-state index in [-0.39, 0.29) is 11.4 Å². The van der Waals surface area contributed by atoms with E-state index in [0.717, 1.165) is 0 Å². The van der Waals surface area contributed by atoms with E-state index in [1.165, 1.54) is 0 Å². The molecule has 114 valence electrons. The van der Waals surface area contributed by atoms with Crippen LogP contribution in [0.25, 0.3) is 5.65 Å². The number of pyridine rings is 1. The molecule has 0 unspecified atom stereocenters.